The van der Waals surface area contributed by atoms with E-state index in [1.165, 1.54) is 12.1 Å². The lowest BCUT2D eigenvalue weighted by atomic mass is 9.85. The van der Waals surface area contributed by atoms with Crippen molar-refractivity contribution in [3.05, 3.63) is 47.8 Å². The molecule has 0 spiro atoms. The molecule has 0 bridgehead atoms. The van der Waals surface area contributed by atoms with Gasteiger partial charge in [-0.05, 0) is 24.6 Å². The van der Waals surface area contributed by atoms with E-state index in [0.717, 1.165) is 11.1 Å². The Kier molecular flexibility index (Phi) is 5.10. The number of hydrogen-bond acceptors (Lipinski definition) is 1. The number of rotatable bonds is 5. The fourth-order valence-corrected chi connectivity index (χ4v) is 1.57. The molecule has 0 aliphatic heterocycles. The molecule has 0 unspecified atom stereocenters. The van der Waals surface area contributed by atoms with Gasteiger partial charge in [0.25, 0.3) is 0 Å². The summed E-state index contributed by atoms with van der Waals surface area (Å²) in [7, 11) is 0. The van der Waals surface area contributed by atoms with Gasteiger partial charge in [0.2, 0.25) is 0 Å². The molecule has 3 N–H and O–H groups in total. The van der Waals surface area contributed by atoms with Gasteiger partial charge in [0.05, 0.1) is 6.54 Å². The first-order chi connectivity index (χ1) is 8.81. The maximum absolute atomic E-state index is 12.9. The van der Waals surface area contributed by atoms with Crippen LogP contribution in [0.3, 0.4) is 0 Å². The number of nitrogens with two attached hydrogens (primary N) is 1. The van der Waals surface area contributed by atoms with E-state index in [1.807, 2.05) is 6.92 Å². The quantitative estimate of drug-likeness (QED) is 0.487. The largest absolute Gasteiger partial charge is 0.370 e. The highest BCUT2D eigenvalue weighted by atomic mass is 19.1. The van der Waals surface area contributed by atoms with Crippen LogP contribution in [0.5, 0.6) is 0 Å². The Labute approximate surface area is 114 Å². The first kappa shape index (κ1) is 15.2. The zero-order valence-corrected chi connectivity index (χ0v) is 11.8. The Hall–Kier alpha value is -1.84. The normalized spacial score (nSPS) is 12.3. The number of guanidine groups is 1. The number of nitrogens with one attached hydrogen (secondary N) is 1. The molecule has 0 aromatic heterocycles. The van der Waals surface area contributed by atoms with Crippen molar-refractivity contribution in [3.8, 4) is 0 Å². The molecule has 1 aromatic rings. The summed E-state index contributed by atoms with van der Waals surface area (Å²) in [4.78, 5) is 4.32. The molecule has 0 amide bonds. The highest BCUT2D eigenvalue weighted by Crippen LogP contribution is 2.23. The van der Waals surface area contributed by atoms with Gasteiger partial charge in [-0.2, -0.15) is 0 Å². The van der Waals surface area contributed by atoms with Crippen molar-refractivity contribution in [2.45, 2.75) is 26.2 Å². The van der Waals surface area contributed by atoms with E-state index < -0.39 is 0 Å². The van der Waals surface area contributed by atoms with Crippen LogP contribution in [0.25, 0.3) is 0 Å². The Balaban J connectivity index is 2.66. The number of aliphatic imine (C=N–C) groups is 1. The van der Waals surface area contributed by atoms with Crippen LogP contribution in [0.15, 0.2) is 41.4 Å². The lowest BCUT2D eigenvalue weighted by molar-refractivity contribution is 0.536. The van der Waals surface area contributed by atoms with Crippen molar-refractivity contribution in [1.82, 2.24) is 5.32 Å². The van der Waals surface area contributed by atoms with E-state index in [9.17, 15) is 4.39 Å². The van der Waals surface area contributed by atoms with Crippen molar-refractivity contribution in [2.24, 2.45) is 10.7 Å². The van der Waals surface area contributed by atoms with E-state index in [1.54, 1.807) is 12.1 Å². The summed E-state index contributed by atoms with van der Waals surface area (Å²) in [5.41, 5.74) is 7.61. The van der Waals surface area contributed by atoms with Crippen LogP contribution in [0.4, 0.5) is 4.39 Å². The predicted octanol–water partition coefficient (Wildman–Crippen LogP) is 2.58. The molecule has 0 radical (unpaired) electrons. The van der Waals surface area contributed by atoms with Gasteiger partial charge in [-0.25, -0.2) is 4.39 Å². The Morgan fingerprint density at radius 3 is 2.47 bits per heavy atom. The second-order valence-corrected chi connectivity index (χ2v) is 5.40. The van der Waals surface area contributed by atoms with Gasteiger partial charge in [-0.1, -0.05) is 38.1 Å². The third kappa shape index (κ3) is 5.12. The third-order valence-electron chi connectivity index (χ3n) is 2.84. The topological polar surface area (TPSA) is 50.4 Å². The molecule has 0 fully saturated rings. The molecule has 0 aliphatic rings. The van der Waals surface area contributed by atoms with Gasteiger partial charge in [0, 0.05) is 12.0 Å². The van der Waals surface area contributed by atoms with Gasteiger partial charge < -0.3 is 11.1 Å². The molecular formula is C15H22FN3. The standard InChI is InChI=1S/C15H22FN3/c1-11(2)9-18-14(17)19-10-15(3,4)12-5-7-13(16)8-6-12/h5-8H,1,9-10H2,2-4H3,(H3,17,18,19). The third-order valence-corrected chi connectivity index (χ3v) is 2.84. The highest BCUT2D eigenvalue weighted by molar-refractivity contribution is 5.78. The molecule has 1 aromatic carbocycles. The minimum Gasteiger partial charge on any atom is -0.370 e. The number of nitrogens with zero attached hydrogens (tertiary/aromatic N) is 1. The van der Waals surface area contributed by atoms with Crippen LogP contribution in [-0.4, -0.2) is 19.0 Å². The van der Waals surface area contributed by atoms with Crippen LogP contribution in [0.1, 0.15) is 26.3 Å². The van der Waals surface area contributed by atoms with Crippen LogP contribution in [-0.2, 0) is 5.41 Å². The fourth-order valence-electron chi connectivity index (χ4n) is 1.57. The van der Waals surface area contributed by atoms with Gasteiger partial charge in [0.15, 0.2) is 5.96 Å². The second-order valence-electron chi connectivity index (χ2n) is 5.40. The Bertz CT molecular complexity index is 461. The van der Waals surface area contributed by atoms with Gasteiger partial charge in [-0.15, -0.1) is 0 Å². The zero-order chi connectivity index (χ0) is 14.5. The fraction of sp³-hybridized carbons (Fsp3) is 0.400. The highest BCUT2D eigenvalue weighted by Gasteiger charge is 2.20. The van der Waals surface area contributed by atoms with Crippen LogP contribution in [0, 0.1) is 5.82 Å². The SMILES string of the molecule is C=C(C)CNC(N)=NCC(C)(C)c1ccc(F)cc1. The maximum Gasteiger partial charge on any atom is 0.188 e. The summed E-state index contributed by atoms with van der Waals surface area (Å²) in [5, 5.41) is 2.98. The summed E-state index contributed by atoms with van der Waals surface area (Å²) in [6.07, 6.45) is 0. The van der Waals surface area contributed by atoms with Crippen molar-refractivity contribution >= 4 is 5.96 Å². The van der Waals surface area contributed by atoms with E-state index >= 15 is 0 Å². The Morgan fingerprint density at radius 2 is 1.95 bits per heavy atom. The van der Waals surface area contributed by atoms with Gasteiger partial charge in [0.1, 0.15) is 5.82 Å². The lowest BCUT2D eigenvalue weighted by Gasteiger charge is -2.23. The molecule has 0 saturated heterocycles. The smallest absolute Gasteiger partial charge is 0.188 e. The van der Waals surface area contributed by atoms with Gasteiger partial charge >= 0.3 is 0 Å². The second kappa shape index (κ2) is 6.36. The molecule has 4 heteroatoms. The summed E-state index contributed by atoms with van der Waals surface area (Å²) < 4.78 is 12.9. The van der Waals surface area contributed by atoms with Gasteiger partial charge in [-0.3, -0.25) is 4.99 Å². The monoisotopic (exact) mass is 263 g/mol. The average molecular weight is 263 g/mol. The summed E-state index contributed by atoms with van der Waals surface area (Å²) in [6.45, 7) is 11.0. The van der Waals surface area contributed by atoms with Crippen LogP contribution in [0.2, 0.25) is 0 Å². The first-order valence-electron chi connectivity index (χ1n) is 6.25. The van der Waals surface area contributed by atoms with Crippen molar-refractivity contribution < 1.29 is 4.39 Å². The molecule has 1 rings (SSSR count). The average Bonchev–Trinajstić information content (AvgIpc) is 2.34. The molecule has 104 valence electrons. The number of halogens is 1. The van der Waals surface area contributed by atoms with E-state index in [-0.39, 0.29) is 11.2 Å². The van der Waals surface area contributed by atoms with Crippen molar-refractivity contribution in [3.63, 3.8) is 0 Å². The number of hydrogen-bond donors (Lipinski definition) is 2. The zero-order valence-electron chi connectivity index (χ0n) is 11.8. The molecule has 3 nitrogen and oxygen atoms in total. The molecular weight excluding hydrogens is 241 g/mol. The maximum atomic E-state index is 12.9. The van der Waals surface area contributed by atoms with Crippen molar-refractivity contribution in [2.75, 3.05) is 13.1 Å². The summed E-state index contributed by atoms with van der Waals surface area (Å²) >= 11 is 0. The summed E-state index contributed by atoms with van der Waals surface area (Å²) in [6, 6.07) is 6.48. The van der Waals surface area contributed by atoms with Crippen LogP contribution < -0.4 is 11.1 Å². The van der Waals surface area contributed by atoms with E-state index in [2.05, 4.69) is 30.7 Å². The van der Waals surface area contributed by atoms with Crippen molar-refractivity contribution in [1.29, 1.82) is 0 Å². The first-order valence-corrected chi connectivity index (χ1v) is 6.25. The minimum atomic E-state index is -0.231. The molecule has 19 heavy (non-hydrogen) atoms. The molecule has 0 aliphatic carbocycles. The van der Waals surface area contributed by atoms with Crippen LogP contribution >= 0.6 is 0 Å². The molecule has 0 saturated carbocycles. The van der Waals surface area contributed by atoms with E-state index in [4.69, 9.17) is 5.73 Å². The number of benzene rings is 1. The summed E-state index contributed by atoms with van der Waals surface area (Å²) in [5.74, 6) is 0.170. The molecule has 0 heterocycles. The van der Waals surface area contributed by atoms with E-state index in [0.29, 0.717) is 19.0 Å². The minimum absolute atomic E-state index is 0.191. The Morgan fingerprint density at radius 1 is 1.37 bits per heavy atom. The predicted molar refractivity (Wildman–Crippen MR) is 78.7 cm³/mol. The molecule has 0 atom stereocenters. The lowest BCUT2D eigenvalue weighted by Crippen LogP contribution is -2.34.